The molecule has 0 bridgehead atoms. The molecular weight excluding hydrogens is 376 g/mol. The third-order valence-corrected chi connectivity index (χ3v) is 4.64. The molecule has 152 valence electrons. The molecule has 1 heterocycles. The van der Waals surface area contributed by atoms with Gasteiger partial charge in [0.15, 0.2) is 6.61 Å². The van der Waals surface area contributed by atoms with Gasteiger partial charge in [0, 0.05) is 38.3 Å². The van der Waals surface area contributed by atoms with Crippen LogP contribution in [0.1, 0.15) is 10.4 Å². The number of ether oxygens (including phenoxy) is 1. The molecule has 0 atom stereocenters. The van der Waals surface area contributed by atoms with E-state index in [1.165, 1.54) is 24.3 Å². The number of piperazine rings is 1. The van der Waals surface area contributed by atoms with Crippen LogP contribution in [0.2, 0.25) is 0 Å². The number of nitro groups is 1. The zero-order valence-corrected chi connectivity index (χ0v) is 16.0. The van der Waals surface area contributed by atoms with Crippen molar-refractivity contribution in [1.82, 2.24) is 9.80 Å². The van der Waals surface area contributed by atoms with Gasteiger partial charge in [0.1, 0.15) is 5.75 Å². The maximum Gasteiger partial charge on any atom is 0.269 e. The second-order valence-electron chi connectivity index (χ2n) is 6.73. The minimum absolute atomic E-state index is 0.0573. The molecule has 0 aromatic heterocycles. The van der Waals surface area contributed by atoms with Crippen LogP contribution in [-0.4, -0.2) is 66.4 Å². The average molecular weight is 398 g/mol. The minimum atomic E-state index is -0.509. The van der Waals surface area contributed by atoms with E-state index >= 15 is 0 Å². The lowest BCUT2D eigenvalue weighted by molar-refractivity contribution is -0.384. The van der Waals surface area contributed by atoms with Crippen molar-refractivity contribution in [3.05, 3.63) is 64.2 Å². The van der Waals surface area contributed by atoms with E-state index in [1.54, 1.807) is 29.2 Å². The summed E-state index contributed by atoms with van der Waals surface area (Å²) in [5, 5.41) is 13.4. The highest BCUT2D eigenvalue weighted by Gasteiger charge is 2.22. The van der Waals surface area contributed by atoms with Crippen molar-refractivity contribution < 1.29 is 19.2 Å². The molecule has 1 N–H and O–H groups in total. The highest BCUT2D eigenvalue weighted by Crippen LogP contribution is 2.19. The quantitative estimate of drug-likeness (QED) is 0.589. The number of nitrogens with one attached hydrogen (secondary N) is 1. The van der Waals surface area contributed by atoms with E-state index < -0.39 is 10.8 Å². The number of anilines is 1. The molecule has 9 nitrogen and oxygen atoms in total. The third kappa shape index (κ3) is 5.29. The Morgan fingerprint density at radius 2 is 1.72 bits per heavy atom. The summed E-state index contributed by atoms with van der Waals surface area (Å²) >= 11 is 0. The molecular formula is C20H22N4O5. The van der Waals surface area contributed by atoms with E-state index in [9.17, 15) is 19.7 Å². The number of amides is 2. The zero-order valence-electron chi connectivity index (χ0n) is 16.0. The maximum atomic E-state index is 12.8. The summed E-state index contributed by atoms with van der Waals surface area (Å²) in [6, 6.07) is 12.3. The SMILES string of the molecule is CN1CCN(C(=O)c2ccccc2NC(=O)COc2ccc([N+](=O)[O-])cc2)CC1. The zero-order chi connectivity index (χ0) is 20.8. The number of carbonyl (C=O) groups is 2. The molecule has 0 unspecified atom stereocenters. The smallest absolute Gasteiger partial charge is 0.269 e. The number of hydrogen-bond donors (Lipinski definition) is 1. The van der Waals surface area contributed by atoms with Crippen LogP contribution in [0.25, 0.3) is 0 Å². The fourth-order valence-corrected chi connectivity index (χ4v) is 2.96. The van der Waals surface area contributed by atoms with Crippen molar-refractivity contribution >= 4 is 23.2 Å². The van der Waals surface area contributed by atoms with Crippen LogP contribution in [0.5, 0.6) is 5.75 Å². The molecule has 0 saturated carbocycles. The van der Waals surface area contributed by atoms with Crippen molar-refractivity contribution in [1.29, 1.82) is 0 Å². The Kier molecular flexibility index (Phi) is 6.40. The first-order valence-corrected chi connectivity index (χ1v) is 9.18. The van der Waals surface area contributed by atoms with Crippen LogP contribution in [-0.2, 0) is 4.79 Å². The molecule has 9 heteroatoms. The summed E-state index contributed by atoms with van der Waals surface area (Å²) in [6.45, 7) is 2.61. The summed E-state index contributed by atoms with van der Waals surface area (Å²) in [5.41, 5.74) is 0.799. The van der Waals surface area contributed by atoms with E-state index in [1.807, 2.05) is 7.05 Å². The number of benzene rings is 2. The van der Waals surface area contributed by atoms with E-state index in [0.29, 0.717) is 30.1 Å². The molecule has 0 aliphatic carbocycles. The van der Waals surface area contributed by atoms with E-state index in [4.69, 9.17) is 4.74 Å². The van der Waals surface area contributed by atoms with Crippen molar-refractivity contribution in [3.63, 3.8) is 0 Å². The molecule has 0 spiro atoms. The number of carbonyl (C=O) groups excluding carboxylic acids is 2. The van der Waals surface area contributed by atoms with Crippen LogP contribution in [0.15, 0.2) is 48.5 Å². The number of nitro benzene ring substituents is 1. The molecule has 2 amide bonds. The van der Waals surface area contributed by atoms with Gasteiger partial charge in [-0.2, -0.15) is 0 Å². The lowest BCUT2D eigenvalue weighted by Crippen LogP contribution is -2.47. The molecule has 1 fully saturated rings. The minimum Gasteiger partial charge on any atom is -0.484 e. The Hall–Kier alpha value is -3.46. The first kappa shape index (κ1) is 20.3. The van der Waals surface area contributed by atoms with Gasteiger partial charge in [-0.1, -0.05) is 12.1 Å². The number of rotatable bonds is 6. The molecule has 1 aliphatic heterocycles. The Labute approximate surface area is 168 Å². The van der Waals surface area contributed by atoms with Crippen molar-refractivity contribution in [3.8, 4) is 5.75 Å². The highest BCUT2D eigenvalue weighted by atomic mass is 16.6. The number of hydrogen-bond acceptors (Lipinski definition) is 6. The van der Waals surface area contributed by atoms with E-state index in [2.05, 4.69) is 10.2 Å². The fraction of sp³-hybridized carbons (Fsp3) is 0.300. The molecule has 2 aromatic rings. The monoisotopic (exact) mass is 398 g/mol. The number of likely N-dealkylation sites (N-methyl/N-ethyl adjacent to an activating group) is 1. The Morgan fingerprint density at radius 3 is 2.38 bits per heavy atom. The first-order valence-electron chi connectivity index (χ1n) is 9.18. The summed E-state index contributed by atoms with van der Waals surface area (Å²) in [6.07, 6.45) is 0. The summed E-state index contributed by atoms with van der Waals surface area (Å²) in [4.78, 5) is 39.2. The van der Waals surface area contributed by atoms with Gasteiger partial charge in [0.25, 0.3) is 17.5 Å². The fourth-order valence-electron chi connectivity index (χ4n) is 2.96. The van der Waals surface area contributed by atoms with Crippen molar-refractivity contribution in [2.45, 2.75) is 0 Å². The van der Waals surface area contributed by atoms with Crippen LogP contribution < -0.4 is 10.1 Å². The van der Waals surface area contributed by atoms with Gasteiger partial charge in [0.2, 0.25) is 0 Å². The Balaban J connectivity index is 1.60. The van der Waals surface area contributed by atoms with Gasteiger partial charge >= 0.3 is 0 Å². The normalized spacial score (nSPS) is 14.3. The number of para-hydroxylation sites is 1. The molecule has 1 saturated heterocycles. The largest absolute Gasteiger partial charge is 0.484 e. The highest BCUT2D eigenvalue weighted by molar-refractivity contribution is 6.04. The van der Waals surface area contributed by atoms with Gasteiger partial charge in [0.05, 0.1) is 16.2 Å². The molecule has 3 rings (SSSR count). The molecule has 29 heavy (non-hydrogen) atoms. The number of non-ortho nitro benzene ring substituents is 1. The third-order valence-electron chi connectivity index (χ3n) is 4.64. The van der Waals surface area contributed by atoms with Crippen LogP contribution in [0.4, 0.5) is 11.4 Å². The molecule has 1 aliphatic rings. The molecule has 2 aromatic carbocycles. The Bertz CT molecular complexity index is 892. The van der Waals surface area contributed by atoms with Gasteiger partial charge in [-0.3, -0.25) is 19.7 Å². The van der Waals surface area contributed by atoms with Gasteiger partial charge in [-0.15, -0.1) is 0 Å². The standard InChI is InChI=1S/C20H22N4O5/c1-22-10-12-23(13-11-22)20(26)17-4-2-3-5-18(17)21-19(25)14-29-16-8-6-15(7-9-16)24(27)28/h2-9H,10-14H2,1H3,(H,21,25). The topological polar surface area (TPSA) is 105 Å². The van der Waals surface area contributed by atoms with Crippen LogP contribution in [0.3, 0.4) is 0 Å². The second-order valence-corrected chi connectivity index (χ2v) is 6.73. The van der Waals surface area contributed by atoms with E-state index in [-0.39, 0.29) is 18.2 Å². The van der Waals surface area contributed by atoms with Gasteiger partial charge in [-0.25, -0.2) is 0 Å². The van der Waals surface area contributed by atoms with E-state index in [0.717, 1.165) is 13.1 Å². The summed E-state index contributed by atoms with van der Waals surface area (Å²) < 4.78 is 5.37. The predicted molar refractivity (Wildman–Crippen MR) is 107 cm³/mol. The second kappa shape index (κ2) is 9.16. The van der Waals surface area contributed by atoms with Gasteiger partial charge < -0.3 is 19.9 Å². The maximum absolute atomic E-state index is 12.8. The summed E-state index contributed by atoms with van der Waals surface area (Å²) in [7, 11) is 2.01. The Morgan fingerprint density at radius 1 is 1.07 bits per heavy atom. The summed E-state index contributed by atoms with van der Waals surface area (Å²) in [5.74, 6) is -0.209. The van der Waals surface area contributed by atoms with Crippen molar-refractivity contribution in [2.75, 3.05) is 45.2 Å². The van der Waals surface area contributed by atoms with Crippen LogP contribution >= 0.6 is 0 Å². The first-order chi connectivity index (χ1) is 13.9. The molecule has 0 radical (unpaired) electrons. The number of nitrogens with zero attached hydrogens (tertiary/aromatic N) is 3. The van der Waals surface area contributed by atoms with Crippen molar-refractivity contribution in [2.24, 2.45) is 0 Å². The lowest BCUT2D eigenvalue weighted by Gasteiger charge is -2.32. The van der Waals surface area contributed by atoms with Crippen LogP contribution in [0, 0.1) is 10.1 Å². The average Bonchev–Trinajstić information content (AvgIpc) is 2.73. The predicted octanol–water partition coefficient (Wildman–Crippen LogP) is 2.00. The van der Waals surface area contributed by atoms with Gasteiger partial charge in [-0.05, 0) is 31.3 Å². The lowest BCUT2D eigenvalue weighted by atomic mass is 10.1.